The molecule has 0 aromatic rings. The molecule has 0 amide bonds. The van der Waals surface area contributed by atoms with Crippen LogP contribution in [0.4, 0.5) is 0 Å². The predicted octanol–water partition coefficient (Wildman–Crippen LogP) is 10.1. The number of esters is 2. The van der Waals surface area contributed by atoms with Crippen LogP contribution < -0.4 is 0 Å². The quantitative estimate of drug-likeness (QED) is 0.0321. The first-order valence-electron chi connectivity index (χ1n) is 17.6. The number of phosphoric acid groups is 1. The fourth-order valence-electron chi connectivity index (χ4n) is 4.78. The van der Waals surface area contributed by atoms with Gasteiger partial charge in [0, 0.05) is 12.8 Å². The molecule has 0 aliphatic carbocycles. The van der Waals surface area contributed by atoms with Crippen LogP contribution in [0.3, 0.4) is 0 Å². The first-order chi connectivity index (χ1) is 21.3. The number of allylic oxidation sites excluding steroid dienone is 4. The number of phosphoric ester groups is 1. The second-order valence-electron chi connectivity index (χ2n) is 11.8. The molecule has 0 aliphatic heterocycles. The van der Waals surface area contributed by atoms with Crippen LogP contribution >= 0.6 is 7.82 Å². The lowest BCUT2D eigenvalue weighted by Crippen LogP contribution is -2.29. The fraction of sp³-hybridized carbons (Fsp3) is 0.829. The van der Waals surface area contributed by atoms with E-state index >= 15 is 0 Å². The summed E-state index contributed by atoms with van der Waals surface area (Å²) >= 11 is 0. The fourth-order valence-corrected chi connectivity index (χ4v) is 5.14. The molecule has 0 bridgehead atoms. The van der Waals surface area contributed by atoms with Gasteiger partial charge in [0.2, 0.25) is 0 Å². The summed E-state index contributed by atoms with van der Waals surface area (Å²) in [5, 5.41) is 0. The monoisotopic (exact) mass is 644 g/mol. The Morgan fingerprint density at radius 1 is 0.568 bits per heavy atom. The minimum absolute atomic E-state index is 0.129. The van der Waals surface area contributed by atoms with E-state index in [0.717, 1.165) is 51.4 Å². The number of rotatable bonds is 32. The van der Waals surface area contributed by atoms with E-state index in [2.05, 4.69) is 36.6 Å². The lowest BCUT2D eigenvalue weighted by Gasteiger charge is -2.18. The summed E-state index contributed by atoms with van der Waals surface area (Å²) in [4.78, 5) is 42.5. The topological polar surface area (TPSA) is 119 Å². The van der Waals surface area contributed by atoms with Crippen LogP contribution in [0.15, 0.2) is 24.3 Å². The van der Waals surface area contributed by atoms with Crippen molar-refractivity contribution in [3.05, 3.63) is 24.3 Å². The van der Waals surface area contributed by atoms with E-state index in [9.17, 15) is 14.2 Å². The van der Waals surface area contributed by atoms with Crippen LogP contribution in [0.2, 0.25) is 0 Å². The highest BCUT2D eigenvalue weighted by Crippen LogP contribution is 2.35. The first kappa shape index (κ1) is 42.5. The average molecular weight is 645 g/mol. The third-order valence-electron chi connectivity index (χ3n) is 7.46. The highest BCUT2D eigenvalue weighted by molar-refractivity contribution is 7.46. The van der Waals surface area contributed by atoms with E-state index in [-0.39, 0.29) is 19.4 Å². The van der Waals surface area contributed by atoms with E-state index in [1.807, 2.05) is 6.08 Å². The Kier molecular flexibility index (Phi) is 30.5. The molecule has 8 nitrogen and oxygen atoms in total. The molecule has 0 saturated carbocycles. The van der Waals surface area contributed by atoms with Crippen molar-refractivity contribution in [2.45, 2.75) is 174 Å². The number of hydrogen-bond acceptors (Lipinski definition) is 6. The lowest BCUT2D eigenvalue weighted by atomic mass is 10.1. The van der Waals surface area contributed by atoms with Crippen molar-refractivity contribution < 1.29 is 37.9 Å². The molecule has 9 heteroatoms. The predicted molar refractivity (Wildman–Crippen MR) is 179 cm³/mol. The molecule has 0 rings (SSSR count). The number of carbonyl (C=O) groups excluding carboxylic acids is 2. The molecular weight excluding hydrogens is 579 g/mol. The Labute approximate surface area is 269 Å². The van der Waals surface area contributed by atoms with Gasteiger partial charge < -0.3 is 19.3 Å². The molecule has 0 aromatic carbocycles. The zero-order valence-corrected chi connectivity index (χ0v) is 29.0. The summed E-state index contributed by atoms with van der Waals surface area (Å²) in [5.41, 5.74) is 0. The van der Waals surface area contributed by atoms with Gasteiger partial charge in [-0.05, 0) is 44.9 Å². The second-order valence-corrected chi connectivity index (χ2v) is 13.1. The van der Waals surface area contributed by atoms with Gasteiger partial charge in [0.05, 0.1) is 6.61 Å². The highest BCUT2D eigenvalue weighted by atomic mass is 31.2. The van der Waals surface area contributed by atoms with Crippen LogP contribution in [0, 0.1) is 0 Å². The van der Waals surface area contributed by atoms with E-state index < -0.39 is 32.5 Å². The molecule has 0 fully saturated rings. The summed E-state index contributed by atoms with van der Waals surface area (Å²) in [6.45, 7) is 3.59. The standard InChI is InChI=1S/C35H65O8P/c1-3-5-7-9-11-13-15-16-17-18-20-22-24-26-28-30-35(37)43-33(32-42-44(38,39)40)31-41-34(36)29-27-25-23-21-19-14-12-10-8-6-4-2/h10,12,24,26,33H,3-9,11,13-23,25,27-32H2,1-2H3,(H2,38,39,40)/b12-10+,26-24+/t33-/m1/s1. The van der Waals surface area contributed by atoms with E-state index in [1.54, 1.807) is 0 Å². The van der Waals surface area contributed by atoms with E-state index in [1.165, 1.54) is 77.0 Å². The van der Waals surface area contributed by atoms with Crippen LogP contribution in [0.1, 0.15) is 168 Å². The largest absolute Gasteiger partial charge is 0.469 e. The van der Waals surface area contributed by atoms with Crippen molar-refractivity contribution in [3.8, 4) is 0 Å². The van der Waals surface area contributed by atoms with Crippen molar-refractivity contribution in [1.29, 1.82) is 0 Å². The van der Waals surface area contributed by atoms with Crippen LogP contribution in [0.5, 0.6) is 0 Å². The van der Waals surface area contributed by atoms with Gasteiger partial charge >= 0.3 is 19.8 Å². The maximum atomic E-state index is 12.3. The third-order valence-corrected chi connectivity index (χ3v) is 7.94. The zero-order chi connectivity index (χ0) is 32.6. The normalized spacial score (nSPS) is 12.7. The summed E-state index contributed by atoms with van der Waals surface area (Å²) < 4.78 is 26.2. The number of hydrogen-bond donors (Lipinski definition) is 2. The Balaban J connectivity index is 4.04. The third kappa shape index (κ3) is 33.4. The number of carbonyl (C=O) groups is 2. The minimum Gasteiger partial charge on any atom is -0.462 e. The molecule has 0 aliphatic rings. The van der Waals surface area contributed by atoms with Crippen molar-refractivity contribution in [3.63, 3.8) is 0 Å². The molecule has 0 aromatic heterocycles. The van der Waals surface area contributed by atoms with Gasteiger partial charge in [0.25, 0.3) is 0 Å². The molecule has 0 spiro atoms. The maximum Gasteiger partial charge on any atom is 0.469 e. The van der Waals surface area contributed by atoms with E-state index in [0.29, 0.717) is 12.8 Å². The zero-order valence-electron chi connectivity index (χ0n) is 28.1. The molecule has 0 unspecified atom stereocenters. The molecular formula is C35H65O8P. The van der Waals surface area contributed by atoms with Gasteiger partial charge in [0.15, 0.2) is 6.10 Å². The molecule has 258 valence electrons. The summed E-state index contributed by atoms with van der Waals surface area (Å²) in [5.74, 6) is -0.952. The van der Waals surface area contributed by atoms with Crippen LogP contribution in [-0.2, 0) is 28.2 Å². The van der Waals surface area contributed by atoms with Crippen molar-refractivity contribution in [2.75, 3.05) is 13.2 Å². The van der Waals surface area contributed by atoms with Gasteiger partial charge in [-0.15, -0.1) is 0 Å². The lowest BCUT2D eigenvalue weighted by molar-refractivity contribution is -0.161. The smallest absolute Gasteiger partial charge is 0.462 e. The number of unbranched alkanes of at least 4 members (excludes halogenated alkanes) is 18. The molecule has 44 heavy (non-hydrogen) atoms. The van der Waals surface area contributed by atoms with Gasteiger partial charge in [-0.25, -0.2) is 4.57 Å². The Bertz CT molecular complexity index is 777. The van der Waals surface area contributed by atoms with Crippen LogP contribution in [-0.4, -0.2) is 41.0 Å². The number of ether oxygens (including phenoxy) is 2. The van der Waals surface area contributed by atoms with Gasteiger partial charge in [-0.1, -0.05) is 134 Å². The first-order valence-corrected chi connectivity index (χ1v) is 19.2. The van der Waals surface area contributed by atoms with Gasteiger partial charge in [-0.2, -0.15) is 0 Å². The maximum absolute atomic E-state index is 12.3. The molecule has 2 N–H and O–H groups in total. The highest BCUT2D eigenvalue weighted by Gasteiger charge is 2.22. The minimum atomic E-state index is -4.75. The summed E-state index contributed by atoms with van der Waals surface area (Å²) in [6.07, 6.45) is 33.4. The molecule has 0 radical (unpaired) electrons. The molecule has 0 heterocycles. The van der Waals surface area contributed by atoms with Crippen molar-refractivity contribution in [1.82, 2.24) is 0 Å². The molecule has 1 atom stereocenters. The van der Waals surface area contributed by atoms with E-state index in [4.69, 9.17) is 19.3 Å². The Morgan fingerprint density at radius 3 is 1.55 bits per heavy atom. The van der Waals surface area contributed by atoms with Crippen molar-refractivity contribution in [2.24, 2.45) is 0 Å². The second kappa shape index (κ2) is 31.5. The van der Waals surface area contributed by atoms with Gasteiger partial charge in [-0.3, -0.25) is 14.1 Å². The Morgan fingerprint density at radius 2 is 1.02 bits per heavy atom. The average Bonchev–Trinajstić information content (AvgIpc) is 2.98. The SMILES string of the molecule is CCCC/C=C/CCCCCCCC(=O)OC[C@H](COP(=O)(O)O)OC(=O)CC/C=C/CCCCCCCCCCCCC. The summed E-state index contributed by atoms with van der Waals surface area (Å²) in [7, 11) is -4.75. The van der Waals surface area contributed by atoms with Crippen LogP contribution in [0.25, 0.3) is 0 Å². The Hall–Kier alpha value is -1.47. The van der Waals surface area contributed by atoms with Gasteiger partial charge in [0.1, 0.15) is 6.61 Å². The molecule has 0 saturated heterocycles. The summed E-state index contributed by atoms with van der Waals surface area (Å²) in [6, 6.07) is 0. The van der Waals surface area contributed by atoms with Crippen molar-refractivity contribution >= 4 is 19.8 Å².